The van der Waals surface area contributed by atoms with E-state index in [1.807, 2.05) is 0 Å². The van der Waals surface area contributed by atoms with Gasteiger partial charge in [0, 0.05) is 17.3 Å². The SMILES string of the molecule is O=C(Cn1cnc(-c2ccccc2F)cc1=O)Nc1ccc(OC(F)(F)F)cc1. The molecule has 0 radical (unpaired) electrons. The van der Waals surface area contributed by atoms with Crippen LogP contribution in [0.5, 0.6) is 5.75 Å². The number of benzene rings is 2. The van der Waals surface area contributed by atoms with Gasteiger partial charge in [-0.3, -0.25) is 14.2 Å². The number of alkyl halides is 3. The summed E-state index contributed by atoms with van der Waals surface area (Å²) in [5.74, 6) is -1.57. The number of anilines is 1. The number of halogens is 4. The minimum absolute atomic E-state index is 0.130. The predicted octanol–water partition coefficient (Wildman–Crippen LogP) is 3.59. The Morgan fingerprint density at radius 3 is 2.41 bits per heavy atom. The van der Waals surface area contributed by atoms with Crippen molar-refractivity contribution in [2.24, 2.45) is 0 Å². The van der Waals surface area contributed by atoms with Crippen molar-refractivity contribution in [1.82, 2.24) is 9.55 Å². The van der Waals surface area contributed by atoms with Crippen molar-refractivity contribution < 1.29 is 27.1 Å². The van der Waals surface area contributed by atoms with Gasteiger partial charge < -0.3 is 10.1 Å². The second kappa shape index (κ2) is 8.13. The van der Waals surface area contributed by atoms with E-state index < -0.39 is 29.4 Å². The van der Waals surface area contributed by atoms with Gasteiger partial charge in [-0.05, 0) is 36.4 Å². The first-order chi connectivity index (χ1) is 13.7. The number of hydrogen-bond acceptors (Lipinski definition) is 4. The number of aromatic nitrogens is 2. The van der Waals surface area contributed by atoms with Crippen molar-refractivity contribution in [2.45, 2.75) is 12.9 Å². The van der Waals surface area contributed by atoms with Crippen LogP contribution in [0.3, 0.4) is 0 Å². The van der Waals surface area contributed by atoms with Gasteiger partial charge in [-0.15, -0.1) is 13.2 Å². The van der Waals surface area contributed by atoms with Crippen molar-refractivity contribution in [1.29, 1.82) is 0 Å². The summed E-state index contributed by atoms with van der Waals surface area (Å²) in [6, 6.07) is 11.5. The highest BCUT2D eigenvalue weighted by atomic mass is 19.4. The Hall–Kier alpha value is -3.69. The highest BCUT2D eigenvalue weighted by Gasteiger charge is 2.30. The van der Waals surface area contributed by atoms with Crippen LogP contribution in [0.15, 0.2) is 65.7 Å². The number of carbonyl (C=O) groups is 1. The molecular weight excluding hydrogens is 394 g/mol. The summed E-state index contributed by atoms with van der Waals surface area (Å²) < 4.78 is 55.0. The van der Waals surface area contributed by atoms with Crippen molar-refractivity contribution in [3.63, 3.8) is 0 Å². The number of carbonyl (C=O) groups excluding carboxylic acids is 1. The molecule has 3 aromatic rings. The number of rotatable bonds is 5. The number of hydrogen-bond donors (Lipinski definition) is 1. The van der Waals surface area contributed by atoms with Crippen LogP contribution in [-0.4, -0.2) is 21.8 Å². The number of nitrogens with one attached hydrogen (secondary N) is 1. The average Bonchev–Trinajstić information content (AvgIpc) is 2.64. The quantitative estimate of drug-likeness (QED) is 0.656. The third-order valence-electron chi connectivity index (χ3n) is 3.71. The standard InChI is InChI=1S/C19H13F4N3O3/c20-15-4-2-1-3-14(15)16-9-18(28)26(11-24-16)10-17(27)25-12-5-7-13(8-6-12)29-19(21,22)23/h1-9,11H,10H2,(H,25,27). The molecule has 0 aliphatic carbocycles. The lowest BCUT2D eigenvalue weighted by Crippen LogP contribution is -2.27. The normalized spacial score (nSPS) is 11.2. The number of ether oxygens (including phenoxy) is 1. The molecule has 1 amide bonds. The van der Waals surface area contributed by atoms with E-state index in [0.29, 0.717) is 0 Å². The molecule has 0 aliphatic heterocycles. The summed E-state index contributed by atoms with van der Waals surface area (Å²) in [6.45, 7) is -0.385. The molecule has 0 saturated heterocycles. The van der Waals surface area contributed by atoms with Crippen LogP contribution in [0, 0.1) is 5.82 Å². The number of amides is 1. The highest BCUT2D eigenvalue weighted by molar-refractivity contribution is 5.90. The van der Waals surface area contributed by atoms with E-state index >= 15 is 0 Å². The molecule has 0 spiro atoms. The van der Waals surface area contributed by atoms with Gasteiger partial charge in [-0.1, -0.05) is 12.1 Å². The van der Waals surface area contributed by atoms with Crippen LogP contribution in [0.1, 0.15) is 0 Å². The van der Waals surface area contributed by atoms with E-state index in [9.17, 15) is 27.2 Å². The van der Waals surface area contributed by atoms with E-state index in [2.05, 4.69) is 15.0 Å². The van der Waals surface area contributed by atoms with Gasteiger partial charge in [0.1, 0.15) is 18.1 Å². The summed E-state index contributed by atoms with van der Waals surface area (Å²) in [5, 5.41) is 2.44. The van der Waals surface area contributed by atoms with E-state index in [1.165, 1.54) is 30.3 Å². The van der Waals surface area contributed by atoms with Crippen LogP contribution in [0.2, 0.25) is 0 Å². The smallest absolute Gasteiger partial charge is 0.406 e. The molecule has 0 fully saturated rings. The van der Waals surface area contributed by atoms with E-state index in [-0.39, 0.29) is 23.5 Å². The summed E-state index contributed by atoms with van der Waals surface area (Å²) in [5.41, 5.74) is -0.0665. The Kier molecular flexibility index (Phi) is 5.62. The van der Waals surface area contributed by atoms with Gasteiger partial charge in [-0.2, -0.15) is 0 Å². The molecule has 6 nitrogen and oxygen atoms in total. The second-order valence-electron chi connectivity index (χ2n) is 5.84. The molecule has 0 bridgehead atoms. The Morgan fingerprint density at radius 2 is 1.79 bits per heavy atom. The first kappa shape index (κ1) is 20.1. The highest BCUT2D eigenvalue weighted by Crippen LogP contribution is 2.24. The van der Waals surface area contributed by atoms with Crippen molar-refractivity contribution in [3.8, 4) is 17.0 Å². The molecule has 29 heavy (non-hydrogen) atoms. The molecule has 1 N–H and O–H groups in total. The lowest BCUT2D eigenvalue weighted by atomic mass is 10.1. The Balaban J connectivity index is 1.66. The third-order valence-corrected chi connectivity index (χ3v) is 3.71. The Bertz CT molecular complexity index is 1080. The molecule has 0 atom stereocenters. The lowest BCUT2D eigenvalue weighted by molar-refractivity contribution is -0.274. The van der Waals surface area contributed by atoms with Gasteiger partial charge in [0.2, 0.25) is 5.91 Å². The number of nitrogens with zero attached hydrogens (tertiary/aromatic N) is 2. The monoisotopic (exact) mass is 407 g/mol. The summed E-state index contributed by atoms with van der Waals surface area (Å²) in [7, 11) is 0. The first-order valence-corrected chi connectivity index (χ1v) is 8.18. The van der Waals surface area contributed by atoms with Crippen molar-refractivity contribution in [3.05, 3.63) is 77.1 Å². The lowest BCUT2D eigenvalue weighted by Gasteiger charge is -2.10. The van der Waals surface area contributed by atoms with Crippen molar-refractivity contribution >= 4 is 11.6 Å². The minimum atomic E-state index is -4.81. The zero-order chi connectivity index (χ0) is 21.0. The molecule has 1 heterocycles. The van der Waals surface area contributed by atoms with E-state index in [0.717, 1.165) is 29.1 Å². The average molecular weight is 407 g/mol. The molecule has 0 saturated carbocycles. The molecule has 10 heteroatoms. The first-order valence-electron chi connectivity index (χ1n) is 8.18. The van der Waals surface area contributed by atoms with Gasteiger partial charge in [0.15, 0.2) is 0 Å². The van der Waals surface area contributed by atoms with Gasteiger partial charge in [0.05, 0.1) is 12.0 Å². The zero-order valence-electron chi connectivity index (χ0n) is 14.6. The largest absolute Gasteiger partial charge is 0.573 e. The fourth-order valence-electron chi connectivity index (χ4n) is 2.46. The van der Waals surface area contributed by atoms with E-state index in [1.54, 1.807) is 6.07 Å². The Labute approximate surface area is 161 Å². The minimum Gasteiger partial charge on any atom is -0.406 e. The van der Waals surface area contributed by atoms with Crippen LogP contribution in [-0.2, 0) is 11.3 Å². The second-order valence-corrected chi connectivity index (χ2v) is 5.84. The Morgan fingerprint density at radius 1 is 1.10 bits per heavy atom. The van der Waals surface area contributed by atoms with Gasteiger partial charge in [0.25, 0.3) is 5.56 Å². The summed E-state index contributed by atoms with van der Waals surface area (Å²) >= 11 is 0. The fraction of sp³-hybridized carbons (Fsp3) is 0.105. The molecule has 150 valence electrons. The molecule has 0 unspecified atom stereocenters. The van der Waals surface area contributed by atoms with Crippen LogP contribution >= 0.6 is 0 Å². The van der Waals surface area contributed by atoms with Crippen LogP contribution in [0.25, 0.3) is 11.3 Å². The summed E-state index contributed by atoms with van der Waals surface area (Å²) in [6.07, 6.45) is -3.70. The van der Waals surface area contributed by atoms with Gasteiger partial charge >= 0.3 is 6.36 Å². The van der Waals surface area contributed by atoms with E-state index in [4.69, 9.17) is 0 Å². The molecule has 3 rings (SSSR count). The fourth-order valence-corrected chi connectivity index (χ4v) is 2.46. The van der Waals surface area contributed by atoms with Crippen molar-refractivity contribution in [2.75, 3.05) is 5.32 Å². The molecule has 2 aromatic carbocycles. The molecule has 0 aliphatic rings. The maximum atomic E-state index is 13.8. The third kappa shape index (κ3) is 5.41. The topological polar surface area (TPSA) is 73.2 Å². The van der Waals surface area contributed by atoms with Crippen LogP contribution in [0.4, 0.5) is 23.2 Å². The maximum Gasteiger partial charge on any atom is 0.573 e. The molecular formula is C19H13F4N3O3. The van der Waals surface area contributed by atoms with Gasteiger partial charge in [-0.25, -0.2) is 9.37 Å². The summed E-state index contributed by atoms with van der Waals surface area (Å²) in [4.78, 5) is 28.3. The predicted molar refractivity (Wildman–Crippen MR) is 95.6 cm³/mol. The zero-order valence-corrected chi connectivity index (χ0v) is 14.6. The van der Waals surface area contributed by atoms with Crippen LogP contribution < -0.4 is 15.6 Å². The molecule has 1 aromatic heterocycles. The maximum absolute atomic E-state index is 13.8.